The van der Waals surface area contributed by atoms with E-state index in [1.165, 1.54) is 13.2 Å². The third kappa shape index (κ3) is 4.11. The molecule has 1 amide bonds. The molecule has 6 heteroatoms. The predicted octanol–water partition coefficient (Wildman–Crippen LogP) is 2.68. The Morgan fingerprint density at radius 2 is 1.92 bits per heavy atom. The van der Waals surface area contributed by atoms with Crippen LogP contribution >= 0.6 is 0 Å². The zero-order chi connectivity index (χ0) is 17.6. The number of amides is 1. The highest BCUT2D eigenvalue weighted by molar-refractivity contribution is 5.92. The number of hydrogen-bond donors (Lipinski definition) is 2. The van der Waals surface area contributed by atoms with Crippen molar-refractivity contribution in [2.75, 3.05) is 7.11 Å². The number of carbonyl (C=O) groups is 2. The molecule has 6 nitrogen and oxygen atoms in total. The lowest BCUT2D eigenvalue weighted by atomic mass is 10.1. The minimum atomic E-state index is -0.390. The molecule has 3 rings (SSSR count). The maximum absolute atomic E-state index is 11.9. The van der Waals surface area contributed by atoms with Crippen LogP contribution in [-0.2, 0) is 16.1 Å². The largest absolute Gasteiger partial charge is 0.465 e. The van der Waals surface area contributed by atoms with Crippen LogP contribution in [0.3, 0.4) is 0 Å². The molecule has 0 spiro atoms. The molecule has 0 radical (unpaired) electrons. The second-order valence-electron chi connectivity index (χ2n) is 5.37. The summed E-state index contributed by atoms with van der Waals surface area (Å²) in [6.07, 6.45) is 3.12. The maximum atomic E-state index is 11.9. The molecule has 0 aliphatic rings. The zero-order valence-electron chi connectivity index (χ0n) is 13.7. The standard InChI is InChI=1S/C19H17N3O3/c1-25-19(24)14-9-6-13(7-10-14)8-11-18(23)20-12-17-21-15-4-2-3-5-16(15)22-17/h2-11H,12H2,1H3,(H,20,23)(H,21,22). The summed E-state index contributed by atoms with van der Waals surface area (Å²) in [4.78, 5) is 30.8. The summed E-state index contributed by atoms with van der Waals surface area (Å²) < 4.78 is 4.64. The number of ether oxygens (including phenoxy) is 1. The van der Waals surface area contributed by atoms with Crippen LogP contribution in [0, 0.1) is 0 Å². The van der Waals surface area contributed by atoms with Gasteiger partial charge in [-0.05, 0) is 35.9 Å². The third-order valence-electron chi connectivity index (χ3n) is 3.63. The first kappa shape index (κ1) is 16.4. The Hall–Kier alpha value is -3.41. The van der Waals surface area contributed by atoms with Gasteiger partial charge in [0.05, 0.1) is 30.3 Å². The smallest absolute Gasteiger partial charge is 0.337 e. The number of methoxy groups -OCH3 is 1. The number of hydrogen-bond acceptors (Lipinski definition) is 4. The maximum Gasteiger partial charge on any atom is 0.337 e. The van der Waals surface area contributed by atoms with Gasteiger partial charge in [0.15, 0.2) is 0 Å². The van der Waals surface area contributed by atoms with Gasteiger partial charge in [0.2, 0.25) is 5.91 Å². The van der Waals surface area contributed by atoms with Gasteiger partial charge in [0.1, 0.15) is 5.82 Å². The van der Waals surface area contributed by atoms with Gasteiger partial charge in [-0.15, -0.1) is 0 Å². The van der Waals surface area contributed by atoms with Crippen molar-refractivity contribution in [3.05, 3.63) is 71.6 Å². The van der Waals surface area contributed by atoms with Crippen LogP contribution in [0.2, 0.25) is 0 Å². The first-order valence-corrected chi connectivity index (χ1v) is 7.73. The van der Waals surface area contributed by atoms with Crippen LogP contribution in [0.5, 0.6) is 0 Å². The van der Waals surface area contributed by atoms with Gasteiger partial charge < -0.3 is 15.0 Å². The number of carbonyl (C=O) groups excluding carboxylic acids is 2. The molecule has 1 aromatic heterocycles. The molecular formula is C19H17N3O3. The number of benzene rings is 2. The highest BCUT2D eigenvalue weighted by Crippen LogP contribution is 2.10. The van der Waals surface area contributed by atoms with Crippen LogP contribution in [0.25, 0.3) is 17.1 Å². The Labute approximate surface area is 144 Å². The normalized spacial score (nSPS) is 10.9. The molecule has 0 aliphatic carbocycles. The first-order chi connectivity index (χ1) is 12.2. The lowest BCUT2D eigenvalue weighted by molar-refractivity contribution is -0.116. The van der Waals surface area contributed by atoms with E-state index in [2.05, 4.69) is 20.0 Å². The van der Waals surface area contributed by atoms with Crippen LogP contribution in [0.15, 0.2) is 54.6 Å². The van der Waals surface area contributed by atoms with E-state index < -0.39 is 0 Å². The minimum Gasteiger partial charge on any atom is -0.465 e. The van der Waals surface area contributed by atoms with E-state index in [9.17, 15) is 9.59 Å². The number of rotatable bonds is 5. The molecule has 0 fully saturated rings. The average Bonchev–Trinajstić information content (AvgIpc) is 3.07. The van der Waals surface area contributed by atoms with Gasteiger partial charge in [-0.3, -0.25) is 4.79 Å². The number of fused-ring (bicyclic) bond motifs is 1. The van der Waals surface area contributed by atoms with Crippen LogP contribution < -0.4 is 5.32 Å². The molecule has 0 saturated carbocycles. The number of aromatic nitrogens is 2. The molecular weight excluding hydrogens is 318 g/mol. The molecule has 2 aromatic carbocycles. The van der Waals surface area contributed by atoms with E-state index in [1.807, 2.05) is 24.3 Å². The van der Waals surface area contributed by atoms with E-state index >= 15 is 0 Å². The highest BCUT2D eigenvalue weighted by Gasteiger charge is 2.04. The van der Waals surface area contributed by atoms with E-state index in [4.69, 9.17) is 0 Å². The zero-order valence-corrected chi connectivity index (χ0v) is 13.7. The van der Waals surface area contributed by atoms with E-state index in [1.54, 1.807) is 30.3 Å². The second kappa shape index (κ2) is 7.44. The predicted molar refractivity (Wildman–Crippen MR) is 94.8 cm³/mol. The van der Waals surface area contributed by atoms with Gasteiger partial charge >= 0.3 is 5.97 Å². The summed E-state index contributed by atoms with van der Waals surface area (Å²) in [5, 5.41) is 2.78. The van der Waals surface area contributed by atoms with Gasteiger partial charge in [-0.2, -0.15) is 0 Å². The second-order valence-corrected chi connectivity index (χ2v) is 5.37. The lowest BCUT2D eigenvalue weighted by Gasteiger charge is -2.00. The van der Waals surface area contributed by atoms with Crippen molar-refractivity contribution in [1.29, 1.82) is 0 Å². The molecule has 1 heterocycles. The number of para-hydroxylation sites is 2. The Morgan fingerprint density at radius 1 is 1.16 bits per heavy atom. The quantitative estimate of drug-likeness (QED) is 0.555. The summed E-state index contributed by atoms with van der Waals surface area (Å²) in [6.45, 7) is 0.319. The molecule has 126 valence electrons. The number of H-pyrrole nitrogens is 1. The van der Waals surface area contributed by atoms with E-state index in [0.29, 0.717) is 17.9 Å². The Morgan fingerprint density at radius 3 is 2.64 bits per heavy atom. The first-order valence-electron chi connectivity index (χ1n) is 7.73. The molecule has 0 atom stereocenters. The summed E-state index contributed by atoms with van der Waals surface area (Å²) in [7, 11) is 1.34. The Kier molecular flexibility index (Phi) is 4.89. The summed E-state index contributed by atoms with van der Waals surface area (Å²) in [5.41, 5.74) is 3.08. The van der Waals surface area contributed by atoms with Crippen molar-refractivity contribution in [3.63, 3.8) is 0 Å². The minimum absolute atomic E-state index is 0.225. The van der Waals surface area contributed by atoms with Gasteiger partial charge in [-0.1, -0.05) is 24.3 Å². The number of aromatic amines is 1. The molecule has 0 saturated heterocycles. The third-order valence-corrected chi connectivity index (χ3v) is 3.63. The SMILES string of the molecule is COC(=O)c1ccc(C=CC(=O)NCc2nc3ccccc3[nH]2)cc1. The Balaban J connectivity index is 1.56. The van der Waals surface area contributed by atoms with Crippen LogP contribution in [0.4, 0.5) is 0 Å². The van der Waals surface area contributed by atoms with Crippen molar-refractivity contribution in [1.82, 2.24) is 15.3 Å². The molecule has 3 aromatic rings. The van der Waals surface area contributed by atoms with Crippen molar-refractivity contribution in [3.8, 4) is 0 Å². The van der Waals surface area contributed by atoms with Gasteiger partial charge in [0.25, 0.3) is 0 Å². The topological polar surface area (TPSA) is 84.1 Å². The molecule has 2 N–H and O–H groups in total. The molecule has 25 heavy (non-hydrogen) atoms. The summed E-state index contributed by atoms with van der Waals surface area (Å²) in [6, 6.07) is 14.5. The van der Waals surface area contributed by atoms with Crippen molar-refractivity contribution in [2.24, 2.45) is 0 Å². The van der Waals surface area contributed by atoms with Crippen LogP contribution in [0.1, 0.15) is 21.7 Å². The van der Waals surface area contributed by atoms with Gasteiger partial charge in [0, 0.05) is 6.08 Å². The average molecular weight is 335 g/mol. The fraction of sp³-hybridized carbons (Fsp3) is 0.105. The highest BCUT2D eigenvalue weighted by atomic mass is 16.5. The summed E-state index contributed by atoms with van der Waals surface area (Å²) in [5.74, 6) is 0.0852. The fourth-order valence-corrected chi connectivity index (χ4v) is 2.34. The van der Waals surface area contributed by atoms with Crippen molar-refractivity contribution in [2.45, 2.75) is 6.54 Å². The van der Waals surface area contributed by atoms with Crippen molar-refractivity contribution >= 4 is 29.0 Å². The number of esters is 1. The molecule has 0 aliphatic heterocycles. The fourth-order valence-electron chi connectivity index (χ4n) is 2.34. The van der Waals surface area contributed by atoms with Gasteiger partial charge in [-0.25, -0.2) is 9.78 Å². The number of nitrogens with one attached hydrogen (secondary N) is 2. The number of imidazole rings is 1. The van der Waals surface area contributed by atoms with Crippen LogP contribution in [-0.4, -0.2) is 29.0 Å². The van der Waals surface area contributed by atoms with E-state index in [-0.39, 0.29) is 11.9 Å². The monoisotopic (exact) mass is 335 g/mol. The number of nitrogens with zero attached hydrogens (tertiary/aromatic N) is 1. The lowest BCUT2D eigenvalue weighted by Crippen LogP contribution is -2.20. The Bertz CT molecular complexity index is 893. The van der Waals surface area contributed by atoms with Crippen molar-refractivity contribution < 1.29 is 14.3 Å². The van der Waals surface area contributed by atoms with E-state index in [0.717, 1.165) is 16.6 Å². The molecule has 0 unspecified atom stereocenters. The molecule has 0 bridgehead atoms. The summed E-state index contributed by atoms with van der Waals surface area (Å²) >= 11 is 0.